The van der Waals surface area contributed by atoms with Crippen LogP contribution in [-0.4, -0.2) is 34.0 Å². The molecule has 0 atom stereocenters. The summed E-state index contributed by atoms with van der Waals surface area (Å²) < 4.78 is 0. The van der Waals surface area contributed by atoms with Crippen molar-refractivity contribution in [1.29, 1.82) is 0 Å². The predicted molar refractivity (Wildman–Crippen MR) is 77.1 cm³/mol. The average Bonchev–Trinajstić information content (AvgIpc) is 2.37. The molecular formula is C14H24N4O. The van der Waals surface area contributed by atoms with Gasteiger partial charge in [0, 0.05) is 32.3 Å². The van der Waals surface area contributed by atoms with Crippen LogP contribution in [0, 0.1) is 12.8 Å². The van der Waals surface area contributed by atoms with Gasteiger partial charge in [-0.05, 0) is 24.5 Å². The van der Waals surface area contributed by atoms with Crippen molar-refractivity contribution >= 4 is 5.84 Å². The molecule has 1 heterocycles. The van der Waals surface area contributed by atoms with Crippen molar-refractivity contribution < 1.29 is 5.21 Å². The van der Waals surface area contributed by atoms with Crippen LogP contribution in [0.25, 0.3) is 0 Å². The normalized spacial score (nSPS) is 12.4. The highest BCUT2D eigenvalue weighted by Gasteiger charge is 2.11. The molecule has 0 fully saturated rings. The first kappa shape index (κ1) is 15.4. The molecule has 0 bridgehead atoms. The lowest BCUT2D eigenvalue weighted by molar-refractivity contribution is 0.237. The van der Waals surface area contributed by atoms with Gasteiger partial charge in [-0.25, -0.2) is 0 Å². The topological polar surface area (TPSA) is 74.7 Å². The Balaban J connectivity index is 2.66. The van der Waals surface area contributed by atoms with E-state index in [1.165, 1.54) is 5.56 Å². The molecule has 19 heavy (non-hydrogen) atoms. The van der Waals surface area contributed by atoms with Crippen molar-refractivity contribution in [2.24, 2.45) is 16.8 Å². The van der Waals surface area contributed by atoms with E-state index < -0.39 is 0 Å². The second kappa shape index (κ2) is 7.74. The van der Waals surface area contributed by atoms with Crippen LogP contribution in [0.1, 0.15) is 31.5 Å². The summed E-state index contributed by atoms with van der Waals surface area (Å²) in [7, 11) is 0. The van der Waals surface area contributed by atoms with Crippen LogP contribution in [-0.2, 0) is 6.54 Å². The van der Waals surface area contributed by atoms with Gasteiger partial charge in [-0.2, -0.15) is 0 Å². The van der Waals surface area contributed by atoms with Gasteiger partial charge in [0.15, 0.2) is 0 Å². The molecule has 1 aromatic heterocycles. The molecule has 5 heteroatoms. The SMILES string of the molecule is Cc1cccnc1CN(CC/C(N)=N/O)CC(C)C. The lowest BCUT2D eigenvalue weighted by atomic mass is 10.1. The van der Waals surface area contributed by atoms with Gasteiger partial charge < -0.3 is 10.9 Å². The van der Waals surface area contributed by atoms with Gasteiger partial charge >= 0.3 is 0 Å². The van der Waals surface area contributed by atoms with Crippen molar-refractivity contribution in [3.05, 3.63) is 29.6 Å². The van der Waals surface area contributed by atoms with Crippen LogP contribution < -0.4 is 5.73 Å². The van der Waals surface area contributed by atoms with E-state index in [4.69, 9.17) is 10.9 Å². The minimum Gasteiger partial charge on any atom is -0.409 e. The van der Waals surface area contributed by atoms with Crippen LogP contribution in [0.5, 0.6) is 0 Å². The van der Waals surface area contributed by atoms with Gasteiger partial charge in [0.2, 0.25) is 0 Å². The number of oxime groups is 1. The monoisotopic (exact) mass is 264 g/mol. The van der Waals surface area contributed by atoms with Gasteiger partial charge in [-0.1, -0.05) is 25.1 Å². The highest BCUT2D eigenvalue weighted by molar-refractivity contribution is 5.79. The molecule has 0 saturated heterocycles. The fourth-order valence-electron chi connectivity index (χ4n) is 1.97. The first-order valence-electron chi connectivity index (χ1n) is 6.62. The molecule has 3 N–H and O–H groups in total. The number of amidine groups is 1. The maximum Gasteiger partial charge on any atom is 0.140 e. The number of hydrogen-bond donors (Lipinski definition) is 2. The Morgan fingerprint density at radius 1 is 1.53 bits per heavy atom. The molecule has 1 aromatic rings. The third kappa shape index (κ3) is 5.70. The van der Waals surface area contributed by atoms with Crippen LogP contribution in [0.3, 0.4) is 0 Å². The van der Waals surface area contributed by atoms with E-state index in [1.54, 1.807) is 0 Å². The number of nitrogens with zero attached hydrogens (tertiary/aromatic N) is 3. The summed E-state index contributed by atoms with van der Waals surface area (Å²) in [6, 6.07) is 4.02. The Morgan fingerprint density at radius 3 is 2.84 bits per heavy atom. The zero-order valence-electron chi connectivity index (χ0n) is 12.0. The van der Waals surface area contributed by atoms with E-state index in [2.05, 4.69) is 41.9 Å². The highest BCUT2D eigenvalue weighted by atomic mass is 16.4. The van der Waals surface area contributed by atoms with E-state index in [1.807, 2.05) is 12.3 Å². The maximum atomic E-state index is 8.60. The largest absolute Gasteiger partial charge is 0.409 e. The highest BCUT2D eigenvalue weighted by Crippen LogP contribution is 2.10. The van der Waals surface area contributed by atoms with Gasteiger partial charge in [0.05, 0.1) is 5.69 Å². The number of pyridine rings is 1. The molecule has 0 radical (unpaired) electrons. The van der Waals surface area contributed by atoms with E-state index in [0.29, 0.717) is 12.3 Å². The second-order valence-electron chi connectivity index (χ2n) is 5.24. The first-order chi connectivity index (χ1) is 9.02. The molecular weight excluding hydrogens is 240 g/mol. The number of rotatable bonds is 7. The standard InChI is InChI=1S/C14H24N4O/c1-11(2)9-18(8-6-14(15)17-19)10-13-12(3)5-4-7-16-13/h4-5,7,11,19H,6,8-10H2,1-3H3,(H2,15,17). The average molecular weight is 264 g/mol. The van der Waals surface area contributed by atoms with Crippen LogP contribution >= 0.6 is 0 Å². The number of aryl methyl sites for hydroxylation is 1. The van der Waals surface area contributed by atoms with Crippen molar-refractivity contribution in [3.8, 4) is 0 Å². The van der Waals surface area contributed by atoms with E-state index >= 15 is 0 Å². The van der Waals surface area contributed by atoms with E-state index in [-0.39, 0.29) is 5.84 Å². The summed E-state index contributed by atoms with van der Waals surface area (Å²) in [6.45, 7) is 8.96. The minimum atomic E-state index is 0.270. The van der Waals surface area contributed by atoms with Crippen LogP contribution in [0.2, 0.25) is 0 Å². The lowest BCUT2D eigenvalue weighted by Crippen LogP contribution is -2.31. The van der Waals surface area contributed by atoms with E-state index in [0.717, 1.165) is 25.3 Å². The molecule has 0 aliphatic rings. The summed E-state index contributed by atoms with van der Waals surface area (Å²) in [4.78, 5) is 6.71. The van der Waals surface area contributed by atoms with Crippen molar-refractivity contribution in [1.82, 2.24) is 9.88 Å². The van der Waals surface area contributed by atoms with Gasteiger partial charge in [0.1, 0.15) is 5.84 Å². The quantitative estimate of drug-likeness (QED) is 0.342. The second-order valence-corrected chi connectivity index (χ2v) is 5.24. The van der Waals surface area contributed by atoms with Crippen molar-refractivity contribution in [2.45, 2.75) is 33.7 Å². The Labute approximate surface area is 115 Å². The molecule has 0 amide bonds. The Hall–Kier alpha value is -1.62. The zero-order valence-corrected chi connectivity index (χ0v) is 12.0. The maximum absolute atomic E-state index is 8.60. The molecule has 0 saturated carbocycles. The minimum absolute atomic E-state index is 0.270. The molecule has 0 aliphatic heterocycles. The summed E-state index contributed by atoms with van der Waals surface area (Å²) in [6.07, 6.45) is 2.38. The smallest absolute Gasteiger partial charge is 0.140 e. The van der Waals surface area contributed by atoms with Gasteiger partial charge in [-0.15, -0.1) is 0 Å². The Bertz CT molecular complexity index is 418. The third-order valence-electron chi connectivity index (χ3n) is 2.93. The summed E-state index contributed by atoms with van der Waals surface area (Å²) >= 11 is 0. The number of nitrogens with two attached hydrogens (primary N) is 1. The van der Waals surface area contributed by atoms with E-state index in [9.17, 15) is 0 Å². The number of aromatic nitrogens is 1. The fraction of sp³-hybridized carbons (Fsp3) is 0.571. The predicted octanol–water partition coefficient (Wildman–Crippen LogP) is 1.98. The molecule has 106 valence electrons. The Kier molecular flexibility index (Phi) is 6.29. The summed E-state index contributed by atoms with van der Waals surface area (Å²) in [5, 5.41) is 11.6. The summed E-state index contributed by atoms with van der Waals surface area (Å²) in [5.74, 6) is 0.836. The third-order valence-corrected chi connectivity index (χ3v) is 2.93. The molecule has 0 aromatic carbocycles. The fourth-order valence-corrected chi connectivity index (χ4v) is 1.97. The molecule has 5 nitrogen and oxygen atoms in total. The Morgan fingerprint density at radius 2 is 2.26 bits per heavy atom. The zero-order chi connectivity index (χ0) is 14.3. The number of hydrogen-bond acceptors (Lipinski definition) is 4. The van der Waals surface area contributed by atoms with Crippen LogP contribution in [0.15, 0.2) is 23.5 Å². The van der Waals surface area contributed by atoms with Gasteiger partial charge in [0.25, 0.3) is 0 Å². The van der Waals surface area contributed by atoms with Crippen molar-refractivity contribution in [2.75, 3.05) is 13.1 Å². The summed E-state index contributed by atoms with van der Waals surface area (Å²) in [5.41, 5.74) is 7.81. The van der Waals surface area contributed by atoms with Crippen molar-refractivity contribution in [3.63, 3.8) is 0 Å². The first-order valence-corrected chi connectivity index (χ1v) is 6.62. The molecule has 1 rings (SSSR count). The molecule has 0 aliphatic carbocycles. The molecule has 0 unspecified atom stereocenters. The lowest BCUT2D eigenvalue weighted by Gasteiger charge is -2.24. The molecule has 0 spiro atoms. The van der Waals surface area contributed by atoms with Gasteiger partial charge in [-0.3, -0.25) is 9.88 Å². The van der Waals surface area contributed by atoms with Crippen LogP contribution in [0.4, 0.5) is 0 Å².